The number of aliphatic hydroxyl groups excluding tert-OH is 1. The number of aromatic nitrogens is 1. The third kappa shape index (κ3) is 5.51. The highest BCUT2D eigenvalue weighted by Crippen LogP contribution is 2.43. The number of hydrogen-bond acceptors (Lipinski definition) is 4. The van der Waals surface area contributed by atoms with Gasteiger partial charge in [-0.3, -0.25) is 9.78 Å². The lowest BCUT2D eigenvalue weighted by Crippen LogP contribution is -2.33. The summed E-state index contributed by atoms with van der Waals surface area (Å²) < 4.78 is 69.3. The van der Waals surface area contributed by atoms with E-state index >= 15 is 0 Å². The second-order valence-electron chi connectivity index (χ2n) is 6.80. The summed E-state index contributed by atoms with van der Waals surface area (Å²) in [7, 11) is 0. The van der Waals surface area contributed by atoms with Gasteiger partial charge in [-0.15, -0.1) is 0 Å². The molecule has 30 heavy (non-hydrogen) atoms. The van der Waals surface area contributed by atoms with Crippen LogP contribution in [0.1, 0.15) is 29.7 Å². The van der Waals surface area contributed by atoms with Crippen LogP contribution in [0.4, 0.5) is 27.6 Å². The number of benzene rings is 1. The van der Waals surface area contributed by atoms with E-state index in [0.717, 1.165) is 6.07 Å². The summed E-state index contributed by atoms with van der Waals surface area (Å²) in [5, 5.41) is 11.0. The standard InChI is InChI=1S/C13H13F5O.C7H8N2O2/c1-6-8(3-4-10(14)11(6)15)9-5-19-12(7(9)2)13(16,17)18;10-4-7-2-1-6(3-8-7)9-5-11/h3-4,7,9,12H,5H2,1-2H3;1-3,5,10H,4H2,(H,9,11). The molecule has 3 rings (SSSR count). The molecule has 1 aliphatic heterocycles. The fourth-order valence-corrected chi connectivity index (χ4v) is 3.23. The number of halogens is 5. The van der Waals surface area contributed by atoms with Gasteiger partial charge in [-0.2, -0.15) is 13.2 Å². The first-order valence-electron chi connectivity index (χ1n) is 8.98. The van der Waals surface area contributed by atoms with E-state index in [2.05, 4.69) is 10.3 Å². The highest BCUT2D eigenvalue weighted by molar-refractivity contribution is 5.70. The third-order valence-corrected chi connectivity index (χ3v) is 4.88. The van der Waals surface area contributed by atoms with E-state index in [1.54, 1.807) is 12.1 Å². The first-order chi connectivity index (χ1) is 14.1. The van der Waals surface area contributed by atoms with Gasteiger partial charge in [0.05, 0.1) is 30.8 Å². The zero-order valence-corrected chi connectivity index (χ0v) is 16.2. The van der Waals surface area contributed by atoms with Crippen molar-refractivity contribution >= 4 is 12.1 Å². The molecule has 3 atom stereocenters. The number of nitrogens with one attached hydrogen (secondary N) is 1. The molecule has 1 aromatic heterocycles. The maximum Gasteiger partial charge on any atom is 0.414 e. The highest BCUT2D eigenvalue weighted by Gasteiger charge is 2.51. The number of carbonyl (C=O) groups excluding carboxylic acids is 1. The van der Waals surface area contributed by atoms with Crippen LogP contribution in [0.25, 0.3) is 0 Å². The van der Waals surface area contributed by atoms with E-state index in [9.17, 15) is 26.7 Å². The lowest BCUT2D eigenvalue weighted by molar-refractivity contribution is -0.215. The van der Waals surface area contributed by atoms with Gasteiger partial charge in [0.2, 0.25) is 6.41 Å². The Bertz CT molecular complexity index is 859. The van der Waals surface area contributed by atoms with Crippen molar-refractivity contribution in [3.8, 4) is 0 Å². The Morgan fingerprint density at radius 1 is 1.27 bits per heavy atom. The molecular weight excluding hydrogens is 411 g/mol. The Labute approximate surface area is 169 Å². The molecule has 10 heteroatoms. The summed E-state index contributed by atoms with van der Waals surface area (Å²) in [6.07, 6.45) is -4.24. The summed E-state index contributed by atoms with van der Waals surface area (Å²) >= 11 is 0. The molecular formula is C20H21F5N2O3. The van der Waals surface area contributed by atoms with Crippen LogP contribution >= 0.6 is 0 Å². The molecule has 0 saturated carbocycles. The van der Waals surface area contributed by atoms with E-state index in [4.69, 9.17) is 9.84 Å². The second kappa shape index (κ2) is 9.94. The van der Waals surface area contributed by atoms with Crippen LogP contribution in [0.3, 0.4) is 0 Å². The summed E-state index contributed by atoms with van der Waals surface area (Å²) in [5.41, 5.74) is 1.63. The van der Waals surface area contributed by atoms with Gasteiger partial charge >= 0.3 is 6.18 Å². The SMILES string of the molecule is Cc1c(C2COC(C(F)(F)F)C2C)ccc(F)c1F.O=CNc1ccc(CO)nc1. The molecule has 1 saturated heterocycles. The minimum absolute atomic E-state index is 0.0447. The topological polar surface area (TPSA) is 71.5 Å². The zero-order chi connectivity index (χ0) is 22.5. The van der Waals surface area contributed by atoms with Gasteiger partial charge in [0.15, 0.2) is 17.7 Å². The maximum atomic E-state index is 13.5. The quantitative estimate of drug-likeness (QED) is 0.564. The average molecular weight is 432 g/mol. The van der Waals surface area contributed by atoms with E-state index in [1.165, 1.54) is 26.1 Å². The van der Waals surface area contributed by atoms with Gasteiger partial charge in [-0.25, -0.2) is 8.78 Å². The molecule has 0 aliphatic carbocycles. The number of nitrogens with zero attached hydrogens (tertiary/aromatic N) is 1. The Morgan fingerprint density at radius 2 is 1.97 bits per heavy atom. The molecule has 5 nitrogen and oxygen atoms in total. The summed E-state index contributed by atoms with van der Waals surface area (Å²) in [6, 6.07) is 5.58. The van der Waals surface area contributed by atoms with Crippen LogP contribution < -0.4 is 5.32 Å². The van der Waals surface area contributed by atoms with Crippen LogP contribution in [0, 0.1) is 24.5 Å². The van der Waals surface area contributed by atoms with Gasteiger partial charge in [0.1, 0.15) is 0 Å². The predicted octanol–water partition coefficient (Wildman–Crippen LogP) is 4.10. The van der Waals surface area contributed by atoms with Crippen LogP contribution in [0.15, 0.2) is 30.5 Å². The minimum atomic E-state index is -4.44. The van der Waals surface area contributed by atoms with Crippen LogP contribution in [-0.4, -0.2) is 35.4 Å². The molecule has 1 amide bonds. The largest absolute Gasteiger partial charge is 0.414 e. The molecule has 2 N–H and O–H groups in total. The summed E-state index contributed by atoms with van der Waals surface area (Å²) in [5.74, 6) is -3.43. The van der Waals surface area contributed by atoms with E-state index < -0.39 is 35.8 Å². The molecule has 164 valence electrons. The van der Waals surface area contributed by atoms with Crippen LogP contribution in [-0.2, 0) is 16.1 Å². The average Bonchev–Trinajstić information content (AvgIpc) is 3.09. The van der Waals surface area contributed by atoms with Crippen molar-refractivity contribution in [2.45, 2.75) is 38.7 Å². The lowest BCUT2D eigenvalue weighted by atomic mass is 9.84. The molecule has 2 heterocycles. The molecule has 3 unspecified atom stereocenters. The Kier molecular flexibility index (Phi) is 7.85. The van der Waals surface area contributed by atoms with Gasteiger partial charge in [0, 0.05) is 11.8 Å². The van der Waals surface area contributed by atoms with Gasteiger partial charge in [0.25, 0.3) is 0 Å². The van der Waals surface area contributed by atoms with Crippen molar-refractivity contribution in [2.75, 3.05) is 11.9 Å². The molecule has 0 spiro atoms. The molecule has 1 aliphatic rings. The maximum absolute atomic E-state index is 13.5. The fourth-order valence-electron chi connectivity index (χ4n) is 3.23. The number of aliphatic hydroxyl groups is 1. The highest BCUT2D eigenvalue weighted by atomic mass is 19.4. The number of amides is 1. The number of rotatable bonds is 4. The Balaban J connectivity index is 0.000000248. The number of carbonyl (C=O) groups is 1. The molecule has 2 aromatic rings. The van der Waals surface area contributed by atoms with E-state index in [-0.39, 0.29) is 18.8 Å². The van der Waals surface area contributed by atoms with Crippen molar-refractivity contribution in [3.63, 3.8) is 0 Å². The van der Waals surface area contributed by atoms with E-state index in [1.807, 2.05) is 0 Å². The predicted molar refractivity (Wildman–Crippen MR) is 98.6 cm³/mol. The summed E-state index contributed by atoms with van der Waals surface area (Å²) in [6.45, 7) is 2.55. The Hall–Kier alpha value is -2.59. The van der Waals surface area contributed by atoms with Crippen LogP contribution in [0.2, 0.25) is 0 Å². The van der Waals surface area contributed by atoms with E-state index in [0.29, 0.717) is 23.4 Å². The number of ether oxygens (including phenoxy) is 1. The van der Waals surface area contributed by atoms with Crippen molar-refractivity contribution in [2.24, 2.45) is 5.92 Å². The summed E-state index contributed by atoms with van der Waals surface area (Å²) in [4.78, 5) is 13.8. The van der Waals surface area contributed by atoms with Crippen molar-refractivity contribution in [3.05, 3.63) is 58.9 Å². The molecule has 1 aromatic carbocycles. The number of alkyl halides is 3. The molecule has 0 bridgehead atoms. The van der Waals surface area contributed by atoms with Gasteiger partial charge in [-0.1, -0.05) is 13.0 Å². The van der Waals surface area contributed by atoms with Crippen molar-refractivity contribution in [1.29, 1.82) is 0 Å². The zero-order valence-electron chi connectivity index (χ0n) is 16.2. The monoisotopic (exact) mass is 432 g/mol. The normalized spacial score (nSPS) is 21.0. The van der Waals surface area contributed by atoms with Crippen molar-refractivity contribution in [1.82, 2.24) is 4.98 Å². The van der Waals surface area contributed by atoms with Gasteiger partial charge < -0.3 is 15.2 Å². The first-order valence-corrected chi connectivity index (χ1v) is 8.98. The van der Waals surface area contributed by atoms with Crippen molar-refractivity contribution < 1.29 is 36.6 Å². The number of pyridine rings is 1. The number of anilines is 1. The minimum Gasteiger partial charge on any atom is -0.390 e. The van der Waals surface area contributed by atoms with Gasteiger partial charge in [-0.05, 0) is 36.2 Å². The first kappa shape index (κ1) is 23.7. The number of hydrogen-bond donors (Lipinski definition) is 2. The second-order valence-corrected chi connectivity index (χ2v) is 6.80. The fraction of sp³-hybridized carbons (Fsp3) is 0.400. The lowest BCUT2D eigenvalue weighted by Gasteiger charge is -2.22. The third-order valence-electron chi connectivity index (χ3n) is 4.88. The Morgan fingerprint density at radius 3 is 2.47 bits per heavy atom. The smallest absolute Gasteiger partial charge is 0.390 e. The van der Waals surface area contributed by atoms with Crippen LogP contribution in [0.5, 0.6) is 0 Å². The molecule has 1 fully saturated rings. The molecule has 0 radical (unpaired) electrons.